The van der Waals surface area contributed by atoms with Crippen LogP contribution in [-0.4, -0.2) is 59.3 Å². The first kappa shape index (κ1) is 47.1. The lowest BCUT2D eigenvalue weighted by molar-refractivity contribution is -0.147. The number of rotatable bonds is 35. The van der Waals surface area contributed by atoms with E-state index in [4.69, 9.17) is 14.9 Å². The van der Waals surface area contributed by atoms with E-state index in [1.54, 1.807) is 0 Å². The molecule has 0 rings (SSSR count). The predicted molar refractivity (Wildman–Crippen MR) is 204 cm³/mol. The molecule has 288 valence electrons. The summed E-state index contributed by atoms with van der Waals surface area (Å²) in [4.78, 5) is 47.3. The van der Waals surface area contributed by atoms with E-state index in [0.29, 0.717) is 19.3 Å². The van der Waals surface area contributed by atoms with Gasteiger partial charge in [-0.15, -0.1) is 0 Å². The van der Waals surface area contributed by atoms with Gasteiger partial charge in [-0.25, -0.2) is 4.79 Å². The highest BCUT2D eigenvalue weighted by Crippen LogP contribution is 2.15. The first-order valence-corrected chi connectivity index (χ1v) is 19.9. The standard InChI is InChI=1S/C41H72N2O7/c1-3-5-7-9-11-13-14-15-17-19-25-29-33-40(47)50-36(30-26-22-18-16-12-10-8-6-4-2)31-27-23-20-21-24-28-32-38(45)42-34-39(46)43-37(35-44)41(48)49/h11,13,16,18,26,30,36-37,44H,3-10,12,14-15,17,19-25,27-29,31-35H2,1-2H3,(H,42,45)(H,43,46)(H,48,49)/b13-11-,18-16-,30-26-. The zero-order valence-electron chi connectivity index (χ0n) is 31.6. The molecular formula is C41H72N2O7. The first-order chi connectivity index (χ1) is 24.3. The number of carbonyl (C=O) groups is 4. The van der Waals surface area contributed by atoms with Crippen molar-refractivity contribution in [1.29, 1.82) is 0 Å². The highest BCUT2D eigenvalue weighted by Gasteiger charge is 2.18. The van der Waals surface area contributed by atoms with Gasteiger partial charge < -0.3 is 25.6 Å². The van der Waals surface area contributed by atoms with Gasteiger partial charge in [-0.1, -0.05) is 121 Å². The minimum atomic E-state index is -1.38. The number of aliphatic hydroxyl groups is 1. The predicted octanol–water partition coefficient (Wildman–Crippen LogP) is 9.04. The number of aliphatic carboxylic acids is 1. The molecule has 2 atom stereocenters. The molecule has 4 N–H and O–H groups in total. The zero-order chi connectivity index (χ0) is 36.9. The average Bonchev–Trinajstić information content (AvgIpc) is 3.10. The highest BCUT2D eigenvalue weighted by atomic mass is 16.5. The molecule has 9 nitrogen and oxygen atoms in total. The van der Waals surface area contributed by atoms with E-state index in [2.05, 4.69) is 60.9 Å². The Bertz CT molecular complexity index is 947. The van der Waals surface area contributed by atoms with Crippen LogP contribution in [0.2, 0.25) is 0 Å². The number of hydrogen-bond donors (Lipinski definition) is 4. The molecule has 2 unspecified atom stereocenters. The maximum atomic E-state index is 12.7. The largest absolute Gasteiger partial charge is 0.480 e. The fourth-order valence-electron chi connectivity index (χ4n) is 5.48. The summed E-state index contributed by atoms with van der Waals surface area (Å²) in [6, 6.07) is -1.38. The molecule has 0 heterocycles. The third-order valence-electron chi connectivity index (χ3n) is 8.59. The molecule has 0 aliphatic heterocycles. The van der Waals surface area contributed by atoms with Crippen molar-refractivity contribution in [3.63, 3.8) is 0 Å². The van der Waals surface area contributed by atoms with Crippen LogP contribution in [0.1, 0.15) is 174 Å². The van der Waals surface area contributed by atoms with Gasteiger partial charge in [0, 0.05) is 12.8 Å². The Morgan fingerprint density at radius 2 is 1.14 bits per heavy atom. The Kier molecular flexibility index (Phi) is 33.8. The number of ether oxygens (including phenoxy) is 1. The van der Waals surface area contributed by atoms with E-state index in [1.165, 1.54) is 64.2 Å². The molecule has 9 heteroatoms. The molecule has 0 fully saturated rings. The van der Waals surface area contributed by atoms with Crippen molar-refractivity contribution in [1.82, 2.24) is 10.6 Å². The topological polar surface area (TPSA) is 142 Å². The normalized spacial score (nSPS) is 12.9. The number of nitrogens with one attached hydrogen (secondary N) is 2. The molecule has 0 spiro atoms. The summed E-state index contributed by atoms with van der Waals surface area (Å²) in [5.74, 6) is -2.36. The Balaban J connectivity index is 4.33. The minimum absolute atomic E-state index is 0.105. The van der Waals surface area contributed by atoms with E-state index in [1.807, 2.05) is 0 Å². The number of carboxylic acid groups (broad SMARTS) is 1. The molecule has 0 aromatic heterocycles. The lowest BCUT2D eigenvalue weighted by atomic mass is 10.1. The van der Waals surface area contributed by atoms with Crippen molar-refractivity contribution >= 4 is 23.8 Å². The van der Waals surface area contributed by atoms with Crippen molar-refractivity contribution in [2.24, 2.45) is 0 Å². The van der Waals surface area contributed by atoms with Crippen LogP contribution >= 0.6 is 0 Å². The summed E-state index contributed by atoms with van der Waals surface area (Å²) in [5, 5.41) is 22.5. The fourth-order valence-corrected chi connectivity index (χ4v) is 5.48. The van der Waals surface area contributed by atoms with Gasteiger partial charge in [0.2, 0.25) is 11.8 Å². The Morgan fingerprint density at radius 1 is 0.620 bits per heavy atom. The van der Waals surface area contributed by atoms with Crippen molar-refractivity contribution in [2.75, 3.05) is 13.2 Å². The molecule has 0 aromatic carbocycles. The number of allylic oxidation sites excluding steroid dienone is 5. The maximum absolute atomic E-state index is 12.7. The average molecular weight is 705 g/mol. The first-order valence-electron chi connectivity index (χ1n) is 19.9. The van der Waals surface area contributed by atoms with Crippen LogP contribution in [0.4, 0.5) is 0 Å². The van der Waals surface area contributed by atoms with E-state index in [9.17, 15) is 19.2 Å². The Labute approximate surface area is 304 Å². The third kappa shape index (κ3) is 32.3. The second-order valence-corrected chi connectivity index (χ2v) is 13.4. The molecule has 50 heavy (non-hydrogen) atoms. The molecule has 0 saturated carbocycles. The smallest absolute Gasteiger partial charge is 0.328 e. The fraction of sp³-hybridized carbons (Fsp3) is 0.756. The maximum Gasteiger partial charge on any atom is 0.328 e. The molecule has 0 aromatic rings. The van der Waals surface area contributed by atoms with Gasteiger partial charge in [-0.05, 0) is 76.7 Å². The van der Waals surface area contributed by atoms with Crippen LogP contribution in [-0.2, 0) is 23.9 Å². The number of carboxylic acids is 1. The second-order valence-electron chi connectivity index (χ2n) is 13.4. The van der Waals surface area contributed by atoms with Gasteiger partial charge in [0.1, 0.15) is 12.1 Å². The summed E-state index contributed by atoms with van der Waals surface area (Å²) in [6.45, 7) is 3.42. The molecular weight excluding hydrogens is 632 g/mol. The van der Waals surface area contributed by atoms with Gasteiger partial charge >= 0.3 is 11.9 Å². The van der Waals surface area contributed by atoms with Crippen LogP contribution in [0.5, 0.6) is 0 Å². The molecule has 0 radical (unpaired) electrons. The van der Waals surface area contributed by atoms with E-state index >= 15 is 0 Å². The van der Waals surface area contributed by atoms with Crippen LogP contribution in [0.25, 0.3) is 0 Å². The number of carbonyl (C=O) groups excluding carboxylic acids is 3. The Hall–Kier alpha value is -2.94. The summed E-state index contributed by atoms with van der Waals surface area (Å²) < 4.78 is 5.90. The minimum Gasteiger partial charge on any atom is -0.480 e. The monoisotopic (exact) mass is 705 g/mol. The van der Waals surface area contributed by atoms with Gasteiger partial charge in [0.05, 0.1) is 13.2 Å². The summed E-state index contributed by atoms with van der Waals surface area (Å²) in [7, 11) is 0. The molecule has 0 aliphatic carbocycles. The number of unbranched alkanes of at least 4 members (excludes halogenated alkanes) is 17. The quantitative estimate of drug-likeness (QED) is 0.0293. The van der Waals surface area contributed by atoms with Crippen molar-refractivity contribution in [3.8, 4) is 0 Å². The number of amides is 2. The van der Waals surface area contributed by atoms with E-state index in [0.717, 1.165) is 77.0 Å². The van der Waals surface area contributed by atoms with Gasteiger partial charge in [0.25, 0.3) is 0 Å². The molecule has 2 amide bonds. The van der Waals surface area contributed by atoms with Gasteiger partial charge in [0.15, 0.2) is 0 Å². The zero-order valence-corrected chi connectivity index (χ0v) is 31.6. The number of aliphatic hydroxyl groups excluding tert-OH is 1. The van der Waals surface area contributed by atoms with Crippen LogP contribution < -0.4 is 10.6 Å². The SMILES string of the molecule is CCCCC/C=C\CCCCCCCC(=O)OC(/C=C\C/C=C\CCCCCC)CCCCCCCCC(=O)NCC(=O)NC(CO)C(=O)O. The number of hydrogen-bond acceptors (Lipinski definition) is 6. The Morgan fingerprint density at radius 3 is 1.76 bits per heavy atom. The summed E-state index contributed by atoms with van der Waals surface area (Å²) in [5.41, 5.74) is 0. The van der Waals surface area contributed by atoms with Gasteiger partial charge in [-0.3, -0.25) is 14.4 Å². The lowest BCUT2D eigenvalue weighted by Crippen LogP contribution is -2.47. The molecule has 0 bridgehead atoms. The number of esters is 1. The van der Waals surface area contributed by atoms with Crippen LogP contribution in [0, 0.1) is 0 Å². The highest BCUT2D eigenvalue weighted by molar-refractivity contribution is 5.87. The van der Waals surface area contributed by atoms with Crippen molar-refractivity contribution in [3.05, 3.63) is 36.5 Å². The summed E-state index contributed by atoms with van der Waals surface area (Å²) in [6.07, 6.45) is 39.0. The third-order valence-corrected chi connectivity index (χ3v) is 8.59. The molecule has 0 saturated heterocycles. The summed E-state index contributed by atoms with van der Waals surface area (Å²) >= 11 is 0. The van der Waals surface area contributed by atoms with Gasteiger partial charge in [-0.2, -0.15) is 0 Å². The van der Waals surface area contributed by atoms with E-state index in [-0.39, 0.29) is 24.5 Å². The van der Waals surface area contributed by atoms with E-state index < -0.39 is 24.5 Å². The van der Waals surface area contributed by atoms with Crippen molar-refractivity contribution in [2.45, 2.75) is 187 Å². The van der Waals surface area contributed by atoms with Crippen LogP contribution in [0.15, 0.2) is 36.5 Å². The van der Waals surface area contributed by atoms with Crippen LogP contribution in [0.3, 0.4) is 0 Å². The molecule has 0 aliphatic rings. The lowest BCUT2D eigenvalue weighted by Gasteiger charge is -2.15. The van der Waals surface area contributed by atoms with Crippen molar-refractivity contribution < 1.29 is 34.1 Å². The second kappa shape index (κ2) is 35.9.